The van der Waals surface area contributed by atoms with Crippen molar-refractivity contribution >= 4 is 23.9 Å². The third kappa shape index (κ3) is 8.47. The predicted octanol–water partition coefficient (Wildman–Crippen LogP) is 7.88. The summed E-state index contributed by atoms with van der Waals surface area (Å²) in [6.07, 6.45) is -3.01. The van der Waals surface area contributed by atoms with Crippen LogP contribution in [0.25, 0.3) is 22.3 Å². The van der Waals surface area contributed by atoms with Gasteiger partial charge in [-0.15, -0.1) is 0 Å². The number of hydrogen-bond acceptors (Lipinski definition) is 8. The Labute approximate surface area is 258 Å². The maximum Gasteiger partial charge on any atom is 0.338 e. The molecule has 45 heavy (non-hydrogen) atoms. The van der Waals surface area contributed by atoms with E-state index in [2.05, 4.69) is 26.3 Å². The van der Waals surface area contributed by atoms with Crippen LogP contribution in [0.4, 0.5) is 8.78 Å². The topological polar surface area (TPSA) is 105 Å². The largest absolute Gasteiger partial charge is 0.423 e. The number of hydrogen-bond donors (Lipinski definition) is 0. The minimum absolute atomic E-state index is 0.00327. The molecule has 0 aromatic heterocycles. The molecule has 0 heterocycles. The summed E-state index contributed by atoms with van der Waals surface area (Å²) in [5, 5.41) is 0. The molecule has 232 valence electrons. The predicted molar refractivity (Wildman–Crippen MR) is 164 cm³/mol. The Kier molecular flexibility index (Phi) is 10.7. The molecular formula is C35H30F2O8. The maximum absolute atomic E-state index is 14.6. The molecule has 0 aliphatic rings. The molecule has 0 N–H and O–H groups in total. The fourth-order valence-corrected chi connectivity index (χ4v) is 3.68. The zero-order valence-electron chi connectivity index (χ0n) is 25.1. The molecule has 0 spiro atoms. The van der Waals surface area contributed by atoms with Crippen LogP contribution < -0.4 is 18.9 Å². The molecule has 0 saturated heterocycles. The van der Waals surface area contributed by atoms with Crippen molar-refractivity contribution in [1.29, 1.82) is 0 Å². The molecule has 0 aliphatic carbocycles. The Hall–Kier alpha value is -5.64. The number of rotatable bonds is 11. The van der Waals surface area contributed by atoms with Crippen LogP contribution in [0.3, 0.4) is 0 Å². The average Bonchev–Trinajstić information content (AvgIpc) is 2.97. The van der Waals surface area contributed by atoms with Crippen LogP contribution in [0, 0.1) is 0 Å². The number of benzene rings is 3. The van der Waals surface area contributed by atoms with Crippen LogP contribution in [-0.2, 0) is 19.2 Å². The lowest BCUT2D eigenvalue weighted by Crippen LogP contribution is -2.11. The van der Waals surface area contributed by atoms with Gasteiger partial charge in [0, 0.05) is 51.1 Å². The normalized spacial score (nSPS) is 10.5. The van der Waals surface area contributed by atoms with E-state index < -0.39 is 35.9 Å². The van der Waals surface area contributed by atoms with Crippen LogP contribution >= 0.6 is 0 Å². The van der Waals surface area contributed by atoms with E-state index >= 15 is 0 Å². The lowest BCUT2D eigenvalue weighted by Gasteiger charge is -2.17. The molecule has 0 saturated carbocycles. The van der Waals surface area contributed by atoms with Gasteiger partial charge in [-0.05, 0) is 69.2 Å². The van der Waals surface area contributed by atoms with Crippen molar-refractivity contribution in [3.05, 3.63) is 109 Å². The summed E-state index contributed by atoms with van der Waals surface area (Å²) in [4.78, 5) is 48.9. The molecule has 0 bridgehead atoms. The van der Waals surface area contributed by atoms with Crippen molar-refractivity contribution in [2.45, 2.75) is 34.1 Å². The molecule has 10 heteroatoms. The van der Waals surface area contributed by atoms with Gasteiger partial charge in [0.1, 0.15) is 23.0 Å². The van der Waals surface area contributed by atoms with E-state index in [0.717, 1.165) is 0 Å². The van der Waals surface area contributed by atoms with E-state index in [4.69, 9.17) is 18.9 Å². The Morgan fingerprint density at radius 2 is 0.911 bits per heavy atom. The van der Waals surface area contributed by atoms with Crippen LogP contribution in [0.1, 0.15) is 39.7 Å². The smallest absolute Gasteiger partial charge is 0.338 e. The number of alkyl halides is 2. The molecule has 0 aliphatic heterocycles. The summed E-state index contributed by atoms with van der Waals surface area (Å²) in [6, 6.07) is 12.1. The molecule has 0 radical (unpaired) electrons. The van der Waals surface area contributed by atoms with Gasteiger partial charge < -0.3 is 18.9 Å². The Morgan fingerprint density at radius 1 is 0.533 bits per heavy atom. The molecule has 0 unspecified atom stereocenters. The minimum atomic E-state index is -3.01. The van der Waals surface area contributed by atoms with E-state index in [1.54, 1.807) is 0 Å². The van der Waals surface area contributed by atoms with Gasteiger partial charge in [0.2, 0.25) is 0 Å². The second kappa shape index (κ2) is 14.2. The number of esters is 4. The van der Waals surface area contributed by atoms with E-state index in [1.807, 2.05) is 0 Å². The summed E-state index contributed by atoms with van der Waals surface area (Å²) in [6.45, 7) is 19.9. The minimum Gasteiger partial charge on any atom is -0.423 e. The van der Waals surface area contributed by atoms with Gasteiger partial charge in [0.05, 0.1) is 0 Å². The van der Waals surface area contributed by atoms with Gasteiger partial charge in [-0.2, -0.15) is 0 Å². The van der Waals surface area contributed by atoms with Crippen LogP contribution in [0.5, 0.6) is 23.0 Å². The zero-order chi connectivity index (χ0) is 33.6. The van der Waals surface area contributed by atoms with E-state index in [-0.39, 0.29) is 67.5 Å². The van der Waals surface area contributed by atoms with Gasteiger partial charge in [-0.3, -0.25) is 0 Å². The van der Waals surface area contributed by atoms with Gasteiger partial charge in [-0.25, -0.2) is 28.0 Å². The van der Waals surface area contributed by atoms with Crippen molar-refractivity contribution in [3.8, 4) is 45.3 Å². The summed E-state index contributed by atoms with van der Waals surface area (Å²) < 4.78 is 50.6. The third-order valence-corrected chi connectivity index (χ3v) is 6.01. The van der Waals surface area contributed by atoms with Crippen LogP contribution in [0.2, 0.25) is 0 Å². The summed E-state index contributed by atoms with van der Waals surface area (Å²) in [5.41, 5.74) is 0.459. The summed E-state index contributed by atoms with van der Waals surface area (Å²) >= 11 is 0. The monoisotopic (exact) mass is 616 g/mol. The van der Waals surface area contributed by atoms with Crippen molar-refractivity contribution in [2.24, 2.45) is 0 Å². The van der Waals surface area contributed by atoms with Crippen LogP contribution in [-0.4, -0.2) is 23.9 Å². The summed E-state index contributed by atoms with van der Waals surface area (Å²) in [7, 11) is 0. The first-order valence-corrected chi connectivity index (χ1v) is 13.3. The number of ether oxygens (including phenoxy) is 4. The van der Waals surface area contributed by atoms with Crippen molar-refractivity contribution in [1.82, 2.24) is 0 Å². The Bertz CT molecular complexity index is 1770. The zero-order valence-corrected chi connectivity index (χ0v) is 25.1. The molecule has 0 atom stereocenters. The number of carbonyl (C=O) groups excluding carboxylic acids is 4. The highest BCUT2D eigenvalue weighted by atomic mass is 19.3. The molecule has 8 nitrogen and oxygen atoms in total. The highest BCUT2D eigenvalue weighted by Gasteiger charge is 2.23. The molecule has 0 amide bonds. The standard InChI is InChI=1S/C35H30F2O8/c1-18(2)32(38)42-23-10-13-25(29(16-23)44-34(40)20(5)6)22-9-12-26(28(15-22)31(36)37)27-14-11-24(43-33(39)19(3)4)17-30(27)45-35(41)21(7)8/h9-17,31H,1,3,5,7H2,2,4,6,8H3. The SMILES string of the molecule is C=C(C)C(=O)Oc1ccc(-c2ccc(-c3ccc(OC(=O)C(=C)C)cc3OC(=O)C(=C)C)c(C(F)F)c2)c(OC(=O)C(=C)C)c1. The lowest BCUT2D eigenvalue weighted by atomic mass is 9.94. The van der Waals surface area contributed by atoms with Gasteiger partial charge in [0.15, 0.2) is 0 Å². The van der Waals surface area contributed by atoms with Crippen molar-refractivity contribution in [2.75, 3.05) is 0 Å². The first-order valence-electron chi connectivity index (χ1n) is 13.3. The Morgan fingerprint density at radius 3 is 1.33 bits per heavy atom. The van der Waals surface area contributed by atoms with Gasteiger partial charge in [0.25, 0.3) is 6.43 Å². The molecule has 3 aromatic carbocycles. The van der Waals surface area contributed by atoms with E-state index in [1.165, 1.54) is 82.3 Å². The Balaban J connectivity index is 2.18. The van der Waals surface area contributed by atoms with Gasteiger partial charge in [-0.1, -0.05) is 38.4 Å². The number of halogens is 2. The first kappa shape index (κ1) is 33.9. The maximum atomic E-state index is 14.6. The second-order valence-electron chi connectivity index (χ2n) is 10.1. The van der Waals surface area contributed by atoms with E-state index in [9.17, 15) is 28.0 Å². The van der Waals surface area contributed by atoms with E-state index in [0.29, 0.717) is 0 Å². The molecule has 3 rings (SSSR count). The average molecular weight is 617 g/mol. The van der Waals surface area contributed by atoms with Crippen LogP contribution in [0.15, 0.2) is 103 Å². The quantitative estimate of drug-likeness (QED) is 0.122. The fraction of sp³-hybridized carbons (Fsp3) is 0.143. The molecule has 0 fully saturated rings. The van der Waals surface area contributed by atoms with Crippen molar-refractivity contribution < 1.29 is 46.9 Å². The molecular weight excluding hydrogens is 586 g/mol. The fourth-order valence-electron chi connectivity index (χ4n) is 3.68. The lowest BCUT2D eigenvalue weighted by molar-refractivity contribution is -0.131. The second-order valence-corrected chi connectivity index (χ2v) is 10.1. The summed E-state index contributed by atoms with van der Waals surface area (Å²) in [5.74, 6) is -3.30. The van der Waals surface area contributed by atoms with Crippen molar-refractivity contribution in [3.63, 3.8) is 0 Å². The first-order chi connectivity index (χ1) is 21.1. The van der Waals surface area contributed by atoms with Gasteiger partial charge >= 0.3 is 23.9 Å². The molecule has 3 aromatic rings. The highest BCUT2D eigenvalue weighted by Crippen LogP contribution is 2.42. The third-order valence-electron chi connectivity index (χ3n) is 6.01. The number of carbonyl (C=O) groups is 4. The highest BCUT2D eigenvalue weighted by molar-refractivity contribution is 5.93.